The van der Waals surface area contributed by atoms with Crippen LogP contribution in [0, 0.1) is 5.82 Å². The van der Waals surface area contributed by atoms with E-state index in [0.717, 1.165) is 22.7 Å². The fourth-order valence-corrected chi connectivity index (χ4v) is 8.10. The summed E-state index contributed by atoms with van der Waals surface area (Å²) in [5, 5.41) is 0. The van der Waals surface area contributed by atoms with Crippen molar-refractivity contribution >= 4 is 66.4 Å². The Kier molecular flexibility index (Phi) is 7.53. The smallest absolute Gasteiger partial charge is 0.326 e. The van der Waals surface area contributed by atoms with E-state index in [1.807, 2.05) is 0 Å². The van der Waals surface area contributed by atoms with E-state index in [9.17, 15) is 22.4 Å². The molecule has 1 amide bonds. The Labute approximate surface area is 208 Å². The molecule has 0 radical (unpaired) electrons. The quantitative estimate of drug-likeness (QED) is 0.439. The van der Waals surface area contributed by atoms with Gasteiger partial charge < -0.3 is 9.30 Å². The van der Waals surface area contributed by atoms with Gasteiger partial charge in [0.25, 0.3) is 15.9 Å². The normalized spacial score (nSPS) is 17.9. The second-order valence-electron chi connectivity index (χ2n) is 7.52. The van der Waals surface area contributed by atoms with E-state index < -0.39 is 33.8 Å². The van der Waals surface area contributed by atoms with E-state index in [1.54, 1.807) is 6.92 Å². The third kappa shape index (κ3) is 5.10. The number of ether oxygens (including phenoxy) is 1. The zero-order valence-corrected chi connectivity index (χ0v) is 21.3. The summed E-state index contributed by atoms with van der Waals surface area (Å²) >= 11 is 7.90. The maximum absolute atomic E-state index is 13.8. The van der Waals surface area contributed by atoms with Crippen LogP contribution in [0.15, 0.2) is 39.5 Å². The number of thiazole rings is 1. The predicted octanol–water partition coefficient (Wildman–Crippen LogP) is 3.79. The molecule has 1 atom stereocenters. The number of carbonyl (C=O) groups excluding carboxylic acids is 2. The van der Waals surface area contributed by atoms with E-state index in [0.29, 0.717) is 33.8 Å². The number of amides is 1. The van der Waals surface area contributed by atoms with Crippen molar-refractivity contribution < 1.29 is 27.1 Å². The van der Waals surface area contributed by atoms with E-state index in [4.69, 9.17) is 16.3 Å². The molecule has 1 unspecified atom stereocenters. The van der Waals surface area contributed by atoms with Crippen molar-refractivity contribution in [3.8, 4) is 0 Å². The first-order valence-electron chi connectivity index (χ1n) is 10.5. The molecule has 1 saturated heterocycles. The van der Waals surface area contributed by atoms with Crippen molar-refractivity contribution in [3.63, 3.8) is 0 Å². The number of esters is 1. The molecule has 8 nitrogen and oxygen atoms in total. The van der Waals surface area contributed by atoms with Crippen molar-refractivity contribution in [2.45, 2.75) is 43.0 Å². The van der Waals surface area contributed by atoms with Crippen LogP contribution in [0.4, 0.5) is 4.39 Å². The highest BCUT2D eigenvalue weighted by Gasteiger charge is 2.38. The van der Waals surface area contributed by atoms with Gasteiger partial charge in [-0.2, -0.15) is 9.30 Å². The number of piperidine rings is 1. The lowest BCUT2D eigenvalue weighted by Gasteiger charge is -2.31. The number of aromatic nitrogens is 1. The Morgan fingerprint density at radius 3 is 2.74 bits per heavy atom. The Bertz CT molecular complexity index is 1410. The molecule has 0 N–H and O–H groups in total. The molecule has 0 spiro atoms. The van der Waals surface area contributed by atoms with Gasteiger partial charge in [0, 0.05) is 6.54 Å². The molecule has 3 heterocycles. The van der Waals surface area contributed by atoms with Gasteiger partial charge in [0.2, 0.25) is 0 Å². The fourth-order valence-electron chi connectivity index (χ4n) is 3.78. The summed E-state index contributed by atoms with van der Waals surface area (Å²) < 4.78 is 48.8. The number of hydrogen-bond donors (Lipinski definition) is 0. The van der Waals surface area contributed by atoms with E-state index in [1.165, 1.54) is 39.2 Å². The molecule has 1 aliphatic heterocycles. The van der Waals surface area contributed by atoms with Crippen LogP contribution in [0.2, 0.25) is 4.34 Å². The molecule has 0 bridgehead atoms. The molecular weight excluding hydrogens is 525 g/mol. The molecular formula is C21H21ClFN3O5S3. The molecule has 4 rings (SSSR count). The molecule has 13 heteroatoms. The average Bonchev–Trinajstić information content (AvgIpc) is 3.37. The minimum Gasteiger partial charge on any atom is -0.465 e. The molecule has 1 aliphatic rings. The third-order valence-corrected chi connectivity index (χ3v) is 9.94. The molecule has 182 valence electrons. The summed E-state index contributed by atoms with van der Waals surface area (Å²) in [6, 6.07) is 5.98. The SMILES string of the molecule is CCOC(=O)Cn1c(=NC(=O)C2CCCCN2S(=O)(=O)c2ccc(Cl)s2)sc2cc(F)ccc21. The maximum atomic E-state index is 13.8. The highest BCUT2D eigenvalue weighted by atomic mass is 35.5. The molecule has 1 aromatic carbocycles. The number of carbonyl (C=O) groups is 2. The maximum Gasteiger partial charge on any atom is 0.326 e. The molecule has 0 saturated carbocycles. The zero-order chi connectivity index (χ0) is 24.5. The van der Waals surface area contributed by atoms with E-state index in [2.05, 4.69) is 4.99 Å². The summed E-state index contributed by atoms with van der Waals surface area (Å²) in [6.45, 7) is 1.83. The van der Waals surface area contributed by atoms with Crippen LogP contribution in [0.5, 0.6) is 0 Å². The largest absolute Gasteiger partial charge is 0.465 e. The lowest BCUT2D eigenvalue weighted by atomic mass is 10.0. The number of sulfonamides is 1. The van der Waals surface area contributed by atoms with Gasteiger partial charge in [0.05, 0.1) is 21.2 Å². The summed E-state index contributed by atoms with van der Waals surface area (Å²) in [5.41, 5.74) is 0.521. The topological polar surface area (TPSA) is 98.0 Å². The van der Waals surface area contributed by atoms with Crippen LogP contribution in [0.1, 0.15) is 26.2 Å². The standard InChI is InChI=1S/C21H21ClFN3O5S3/c1-2-31-18(27)12-25-14-7-6-13(23)11-16(14)32-21(25)24-20(28)15-5-3-4-10-26(15)34(29,30)19-9-8-17(22)33-19/h6-9,11,15H,2-5,10,12H2,1H3. The first-order chi connectivity index (χ1) is 16.2. The van der Waals surface area contributed by atoms with Crippen LogP contribution in [0.25, 0.3) is 10.2 Å². The number of nitrogens with zero attached hydrogens (tertiary/aromatic N) is 3. The van der Waals surface area contributed by atoms with Crippen LogP contribution in [-0.2, 0) is 30.9 Å². The molecule has 0 aliphatic carbocycles. The van der Waals surface area contributed by atoms with Crippen LogP contribution in [0.3, 0.4) is 0 Å². The number of halogens is 2. The summed E-state index contributed by atoms with van der Waals surface area (Å²) in [5.74, 6) is -1.64. The Morgan fingerprint density at radius 1 is 1.24 bits per heavy atom. The van der Waals surface area contributed by atoms with Crippen LogP contribution >= 0.6 is 34.3 Å². The van der Waals surface area contributed by atoms with Crippen molar-refractivity contribution in [2.24, 2.45) is 4.99 Å². The van der Waals surface area contributed by atoms with Gasteiger partial charge >= 0.3 is 5.97 Å². The minimum atomic E-state index is -3.93. The van der Waals surface area contributed by atoms with Crippen molar-refractivity contribution in [1.29, 1.82) is 0 Å². The van der Waals surface area contributed by atoms with Gasteiger partial charge in [0.15, 0.2) is 4.80 Å². The molecule has 2 aromatic heterocycles. The zero-order valence-electron chi connectivity index (χ0n) is 18.1. The average molecular weight is 546 g/mol. The van der Waals surface area contributed by atoms with Gasteiger partial charge in [-0.3, -0.25) is 9.59 Å². The van der Waals surface area contributed by atoms with Gasteiger partial charge in [0.1, 0.15) is 22.6 Å². The molecule has 34 heavy (non-hydrogen) atoms. The Hall–Kier alpha value is -2.12. The number of fused-ring (bicyclic) bond motifs is 1. The number of thiophene rings is 1. The lowest BCUT2D eigenvalue weighted by molar-refractivity contribution is -0.143. The van der Waals surface area contributed by atoms with Crippen LogP contribution < -0.4 is 4.80 Å². The van der Waals surface area contributed by atoms with E-state index in [-0.39, 0.29) is 28.7 Å². The number of rotatable bonds is 6. The molecule has 3 aromatic rings. The Morgan fingerprint density at radius 2 is 2.03 bits per heavy atom. The van der Waals surface area contributed by atoms with Gasteiger partial charge in [-0.25, -0.2) is 12.8 Å². The van der Waals surface area contributed by atoms with Gasteiger partial charge in [-0.1, -0.05) is 29.4 Å². The highest BCUT2D eigenvalue weighted by molar-refractivity contribution is 7.91. The van der Waals surface area contributed by atoms with Crippen molar-refractivity contribution in [1.82, 2.24) is 8.87 Å². The first kappa shape index (κ1) is 25.0. The van der Waals surface area contributed by atoms with E-state index >= 15 is 0 Å². The first-order valence-corrected chi connectivity index (χ1v) is 14.0. The minimum absolute atomic E-state index is 0.0620. The summed E-state index contributed by atoms with van der Waals surface area (Å²) in [6.07, 6.45) is 1.61. The highest BCUT2D eigenvalue weighted by Crippen LogP contribution is 2.32. The van der Waals surface area contributed by atoms with Crippen molar-refractivity contribution in [3.05, 3.63) is 45.3 Å². The Balaban J connectivity index is 1.74. The number of benzene rings is 1. The third-order valence-electron chi connectivity index (χ3n) is 5.29. The van der Waals surface area contributed by atoms with Crippen molar-refractivity contribution in [2.75, 3.05) is 13.2 Å². The second-order valence-corrected chi connectivity index (χ2v) is 12.4. The van der Waals surface area contributed by atoms with Gasteiger partial charge in [-0.05, 0) is 50.1 Å². The second kappa shape index (κ2) is 10.2. The fraction of sp³-hybridized carbons (Fsp3) is 0.381. The monoisotopic (exact) mass is 545 g/mol. The lowest BCUT2D eigenvalue weighted by Crippen LogP contribution is -2.47. The molecule has 1 fully saturated rings. The summed E-state index contributed by atoms with van der Waals surface area (Å²) in [7, 11) is -3.93. The van der Waals surface area contributed by atoms with Crippen LogP contribution in [-0.4, -0.2) is 48.4 Å². The van der Waals surface area contributed by atoms with Gasteiger partial charge in [-0.15, -0.1) is 11.3 Å². The number of hydrogen-bond acceptors (Lipinski definition) is 7. The summed E-state index contributed by atoms with van der Waals surface area (Å²) in [4.78, 5) is 29.8. The predicted molar refractivity (Wildman–Crippen MR) is 128 cm³/mol.